The summed E-state index contributed by atoms with van der Waals surface area (Å²) >= 11 is 0. The van der Waals surface area contributed by atoms with Gasteiger partial charge in [-0.3, -0.25) is 0 Å². The molecule has 0 aliphatic carbocycles. The Kier molecular flexibility index (Phi) is 8.54. The van der Waals surface area contributed by atoms with Gasteiger partial charge in [0.25, 0.3) is 0 Å². The maximum absolute atomic E-state index is 13.6. The molecule has 0 saturated heterocycles. The molecule has 4 aromatic rings. The SMILES string of the molecule is COc1cc([C@H]2COC(c3ccc(C(F)(F)F)cc3[S@@](=O)c3ccc(C)cc3)=N2)cc(OC)c1OCc1ccccc1. The highest BCUT2D eigenvalue weighted by Gasteiger charge is 2.34. The van der Waals surface area contributed by atoms with E-state index < -0.39 is 28.6 Å². The molecular formula is C32H28F3NO5S. The molecular weight excluding hydrogens is 567 g/mol. The highest BCUT2D eigenvalue weighted by molar-refractivity contribution is 7.85. The molecule has 1 aliphatic rings. The number of aliphatic imine (C=N–C) groups is 1. The fraction of sp³-hybridized carbons (Fsp3) is 0.219. The smallest absolute Gasteiger partial charge is 0.416 e. The lowest BCUT2D eigenvalue weighted by Gasteiger charge is -2.17. The van der Waals surface area contributed by atoms with Crippen molar-refractivity contribution < 1.29 is 36.3 Å². The predicted molar refractivity (Wildman–Crippen MR) is 153 cm³/mol. The molecule has 0 unspecified atom stereocenters. The lowest BCUT2D eigenvalue weighted by molar-refractivity contribution is -0.137. The summed E-state index contributed by atoms with van der Waals surface area (Å²) in [7, 11) is 1.12. The molecule has 5 rings (SSSR count). The highest BCUT2D eigenvalue weighted by Crippen LogP contribution is 2.42. The first kappa shape index (κ1) is 29.2. The van der Waals surface area contributed by atoms with Gasteiger partial charge in [-0.05, 0) is 60.5 Å². The minimum atomic E-state index is -4.61. The molecule has 0 fully saturated rings. The molecule has 218 valence electrons. The molecule has 0 radical (unpaired) electrons. The molecule has 0 aromatic heterocycles. The molecule has 0 saturated carbocycles. The Bertz CT molecular complexity index is 1600. The number of methoxy groups -OCH3 is 2. The van der Waals surface area contributed by atoms with Gasteiger partial charge in [0.1, 0.15) is 19.3 Å². The second-order valence-electron chi connectivity index (χ2n) is 9.58. The molecule has 1 aliphatic heterocycles. The van der Waals surface area contributed by atoms with Gasteiger partial charge in [0.05, 0.1) is 41.0 Å². The van der Waals surface area contributed by atoms with Crippen molar-refractivity contribution in [3.63, 3.8) is 0 Å². The van der Waals surface area contributed by atoms with Crippen LogP contribution in [0.3, 0.4) is 0 Å². The van der Waals surface area contributed by atoms with E-state index in [0.717, 1.165) is 23.3 Å². The zero-order chi connectivity index (χ0) is 29.9. The number of rotatable bonds is 9. The zero-order valence-corrected chi connectivity index (χ0v) is 23.9. The normalized spacial score (nSPS) is 15.5. The topological polar surface area (TPSA) is 66.4 Å². The van der Waals surface area contributed by atoms with Crippen LogP contribution >= 0.6 is 0 Å². The molecule has 1 heterocycles. The number of aryl methyl sites for hydroxylation is 1. The van der Waals surface area contributed by atoms with Gasteiger partial charge in [0.2, 0.25) is 11.6 Å². The summed E-state index contributed by atoms with van der Waals surface area (Å²) < 4.78 is 77.5. The molecule has 6 nitrogen and oxygen atoms in total. The molecule has 4 aromatic carbocycles. The number of ether oxygens (including phenoxy) is 4. The number of alkyl halides is 3. The lowest BCUT2D eigenvalue weighted by Crippen LogP contribution is -2.11. The largest absolute Gasteiger partial charge is 0.493 e. The Balaban J connectivity index is 1.49. The first-order valence-corrected chi connectivity index (χ1v) is 14.2. The zero-order valence-electron chi connectivity index (χ0n) is 23.1. The number of nitrogens with zero attached hydrogens (tertiary/aromatic N) is 1. The van der Waals surface area contributed by atoms with E-state index in [9.17, 15) is 17.4 Å². The van der Waals surface area contributed by atoms with Gasteiger partial charge in [-0.2, -0.15) is 13.2 Å². The van der Waals surface area contributed by atoms with Crippen LogP contribution in [-0.2, 0) is 28.3 Å². The summed E-state index contributed by atoms with van der Waals surface area (Å²) in [5, 5.41) is 0. The van der Waals surface area contributed by atoms with Crippen molar-refractivity contribution in [1.82, 2.24) is 0 Å². The van der Waals surface area contributed by atoms with Crippen molar-refractivity contribution in [3.8, 4) is 17.2 Å². The van der Waals surface area contributed by atoms with E-state index in [0.29, 0.717) is 34.3 Å². The lowest BCUT2D eigenvalue weighted by atomic mass is 10.1. The molecule has 0 amide bonds. The predicted octanol–water partition coefficient (Wildman–Crippen LogP) is 7.29. The van der Waals surface area contributed by atoms with Crippen molar-refractivity contribution in [2.75, 3.05) is 20.8 Å². The van der Waals surface area contributed by atoms with E-state index in [-0.39, 0.29) is 23.0 Å². The summed E-state index contributed by atoms with van der Waals surface area (Å²) in [6, 6.07) is 22.5. The summed E-state index contributed by atoms with van der Waals surface area (Å²) in [6.07, 6.45) is -4.61. The van der Waals surface area contributed by atoms with E-state index in [1.165, 1.54) is 20.3 Å². The second-order valence-corrected chi connectivity index (χ2v) is 11.0. The maximum atomic E-state index is 13.6. The average molecular weight is 596 g/mol. The van der Waals surface area contributed by atoms with Gasteiger partial charge in [-0.15, -0.1) is 0 Å². The Labute approximate surface area is 244 Å². The minimum Gasteiger partial charge on any atom is -0.493 e. The van der Waals surface area contributed by atoms with Crippen molar-refractivity contribution in [3.05, 3.63) is 113 Å². The number of halogens is 3. The van der Waals surface area contributed by atoms with Crippen LogP contribution in [0.2, 0.25) is 0 Å². The van der Waals surface area contributed by atoms with Crippen LogP contribution in [0.1, 0.15) is 33.9 Å². The first-order valence-electron chi connectivity index (χ1n) is 13.0. The molecule has 0 spiro atoms. The second kappa shape index (κ2) is 12.3. The van der Waals surface area contributed by atoms with Gasteiger partial charge < -0.3 is 18.9 Å². The van der Waals surface area contributed by atoms with Crippen molar-refractivity contribution in [1.29, 1.82) is 0 Å². The van der Waals surface area contributed by atoms with Crippen LogP contribution in [0.5, 0.6) is 17.2 Å². The van der Waals surface area contributed by atoms with Crippen LogP contribution in [0.15, 0.2) is 99.7 Å². The van der Waals surface area contributed by atoms with E-state index in [1.807, 2.05) is 37.3 Å². The number of benzene rings is 4. The van der Waals surface area contributed by atoms with Crippen LogP contribution in [0.4, 0.5) is 13.2 Å². The van der Waals surface area contributed by atoms with Crippen molar-refractivity contribution in [2.45, 2.75) is 35.5 Å². The number of hydrogen-bond acceptors (Lipinski definition) is 6. The van der Waals surface area contributed by atoms with Crippen LogP contribution < -0.4 is 14.2 Å². The average Bonchev–Trinajstić information content (AvgIpc) is 3.49. The van der Waals surface area contributed by atoms with E-state index in [1.54, 1.807) is 36.4 Å². The Morgan fingerprint density at radius 1 is 0.929 bits per heavy atom. The molecule has 0 N–H and O–H groups in total. The summed E-state index contributed by atoms with van der Waals surface area (Å²) in [6.45, 7) is 2.29. The molecule has 10 heteroatoms. The Hall–Kier alpha value is -4.31. The first-order chi connectivity index (χ1) is 20.2. The Morgan fingerprint density at radius 2 is 1.60 bits per heavy atom. The highest BCUT2D eigenvalue weighted by atomic mass is 32.2. The van der Waals surface area contributed by atoms with Crippen LogP contribution in [0, 0.1) is 6.92 Å². The van der Waals surface area contributed by atoms with E-state index in [2.05, 4.69) is 4.99 Å². The number of hydrogen-bond donors (Lipinski definition) is 0. The summed E-state index contributed by atoms with van der Waals surface area (Å²) in [5.41, 5.74) is 1.93. The molecule has 2 atom stereocenters. The van der Waals surface area contributed by atoms with Gasteiger partial charge in [0, 0.05) is 4.90 Å². The molecule has 0 bridgehead atoms. The summed E-state index contributed by atoms with van der Waals surface area (Å²) in [5.74, 6) is 1.39. The third-order valence-electron chi connectivity index (χ3n) is 6.72. The van der Waals surface area contributed by atoms with Crippen molar-refractivity contribution >= 4 is 16.7 Å². The van der Waals surface area contributed by atoms with Gasteiger partial charge in [0.15, 0.2) is 11.5 Å². The van der Waals surface area contributed by atoms with Crippen molar-refractivity contribution in [2.24, 2.45) is 4.99 Å². The standard InChI is InChI=1S/C32H28F3NO5S/c1-20-9-12-24(13-10-20)42(37)29-17-23(32(33,34)35)11-14-25(29)31-36-26(19-41-31)22-15-27(38-2)30(28(16-22)39-3)40-18-21-7-5-4-6-8-21/h4-17,26H,18-19H2,1-3H3/t26-,42+/m1/s1. The third kappa shape index (κ3) is 6.28. The van der Waals surface area contributed by atoms with Gasteiger partial charge >= 0.3 is 6.18 Å². The van der Waals surface area contributed by atoms with Gasteiger partial charge in [-0.25, -0.2) is 9.20 Å². The van der Waals surface area contributed by atoms with E-state index in [4.69, 9.17) is 18.9 Å². The Morgan fingerprint density at radius 3 is 2.21 bits per heavy atom. The fourth-order valence-electron chi connectivity index (χ4n) is 4.47. The summed E-state index contributed by atoms with van der Waals surface area (Å²) in [4.78, 5) is 5.01. The van der Waals surface area contributed by atoms with Crippen LogP contribution in [0.25, 0.3) is 0 Å². The van der Waals surface area contributed by atoms with Crippen LogP contribution in [-0.4, -0.2) is 30.9 Å². The van der Waals surface area contributed by atoms with E-state index >= 15 is 0 Å². The third-order valence-corrected chi connectivity index (χ3v) is 8.16. The fourth-order valence-corrected chi connectivity index (χ4v) is 5.70. The maximum Gasteiger partial charge on any atom is 0.416 e. The monoisotopic (exact) mass is 595 g/mol. The molecule has 42 heavy (non-hydrogen) atoms. The van der Waals surface area contributed by atoms with Gasteiger partial charge in [-0.1, -0.05) is 48.0 Å². The quantitative estimate of drug-likeness (QED) is 0.203. The minimum absolute atomic E-state index is 0.0344.